The number of rotatable bonds is 5. The van der Waals surface area contributed by atoms with Gasteiger partial charge in [-0.15, -0.1) is 0 Å². The molecule has 1 atom stereocenters. The van der Waals surface area contributed by atoms with E-state index in [9.17, 15) is 14.7 Å². The third-order valence-corrected chi connectivity index (χ3v) is 8.04. The number of Topliss-reactive ketones (excluding diaryl/α,β-unsaturated/α-hetero) is 1. The van der Waals surface area contributed by atoms with Gasteiger partial charge in [-0.05, 0) is 44.9 Å². The van der Waals surface area contributed by atoms with Crippen LogP contribution in [-0.2, 0) is 4.79 Å². The van der Waals surface area contributed by atoms with Crippen LogP contribution in [0.25, 0.3) is 28.0 Å². The maximum atomic E-state index is 12.7. The van der Waals surface area contributed by atoms with Gasteiger partial charge < -0.3 is 25.4 Å². The van der Waals surface area contributed by atoms with Gasteiger partial charge in [-0.1, -0.05) is 12.1 Å². The molecule has 1 amide bonds. The van der Waals surface area contributed by atoms with Crippen molar-refractivity contribution < 1.29 is 19.4 Å². The first-order chi connectivity index (χ1) is 19.7. The number of pyridine rings is 1. The Bertz CT molecular complexity index is 1640. The lowest BCUT2D eigenvalue weighted by atomic mass is 9.89. The van der Waals surface area contributed by atoms with Crippen LogP contribution in [0.4, 0.5) is 11.5 Å². The standard InChI is InChI=1S/C30H33N7O4/c1-17(38)26-27(19-8-10-36(11-9-19)30(40)18(2)39)34-29-22(16-33-37(29)28(26)31)21-4-6-23(32-15-21)20-5-7-24-25(14-20)41-13-12-35(24)3/h4-7,14-16,18-19,39H,8-13,31H2,1-3H3/t18-/m1/s1. The van der Waals surface area contributed by atoms with E-state index in [1.54, 1.807) is 17.3 Å². The Morgan fingerprint density at radius 2 is 1.85 bits per heavy atom. The summed E-state index contributed by atoms with van der Waals surface area (Å²) in [5.41, 5.74) is 12.5. The normalized spacial score (nSPS) is 16.4. The molecule has 5 heterocycles. The molecule has 0 aliphatic carbocycles. The van der Waals surface area contributed by atoms with Crippen molar-refractivity contribution in [3.05, 3.63) is 54.0 Å². The number of piperidine rings is 1. The molecule has 11 nitrogen and oxygen atoms in total. The van der Waals surface area contributed by atoms with E-state index < -0.39 is 6.10 Å². The molecule has 0 unspecified atom stereocenters. The van der Waals surface area contributed by atoms with E-state index >= 15 is 0 Å². The predicted molar refractivity (Wildman–Crippen MR) is 155 cm³/mol. The second-order valence-corrected chi connectivity index (χ2v) is 10.8. The van der Waals surface area contributed by atoms with Gasteiger partial charge in [0, 0.05) is 48.9 Å². The average molecular weight is 556 g/mol. The highest BCUT2D eigenvalue weighted by Gasteiger charge is 2.31. The number of amides is 1. The molecule has 2 aliphatic rings. The van der Waals surface area contributed by atoms with Crippen LogP contribution in [0.15, 0.2) is 42.7 Å². The zero-order valence-corrected chi connectivity index (χ0v) is 23.4. The molecule has 1 saturated heterocycles. The predicted octanol–water partition coefficient (Wildman–Crippen LogP) is 3.16. The van der Waals surface area contributed by atoms with Crippen molar-refractivity contribution in [2.24, 2.45) is 0 Å². The van der Waals surface area contributed by atoms with Crippen molar-refractivity contribution in [1.29, 1.82) is 0 Å². The summed E-state index contributed by atoms with van der Waals surface area (Å²) in [5, 5.41) is 14.2. The smallest absolute Gasteiger partial charge is 0.251 e. The molecule has 212 valence electrons. The Morgan fingerprint density at radius 3 is 2.54 bits per heavy atom. The summed E-state index contributed by atoms with van der Waals surface area (Å²) in [6.07, 6.45) is 3.66. The summed E-state index contributed by atoms with van der Waals surface area (Å²) in [4.78, 5) is 38.5. The first-order valence-electron chi connectivity index (χ1n) is 13.8. The number of aliphatic hydroxyl groups excluding tert-OH is 1. The van der Waals surface area contributed by atoms with E-state index in [0.29, 0.717) is 49.4 Å². The van der Waals surface area contributed by atoms with Gasteiger partial charge in [0.15, 0.2) is 11.4 Å². The highest BCUT2D eigenvalue weighted by atomic mass is 16.5. The molecule has 0 saturated carbocycles. The van der Waals surface area contributed by atoms with E-state index in [1.165, 1.54) is 18.4 Å². The summed E-state index contributed by atoms with van der Waals surface area (Å²) < 4.78 is 7.37. The molecule has 2 aliphatic heterocycles. The first-order valence-corrected chi connectivity index (χ1v) is 13.8. The van der Waals surface area contributed by atoms with Gasteiger partial charge in [-0.2, -0.15) is 9.61 Å². The number of fused-ring (bicyclic) bond motifs is 2. The van der Waals surface area contributed by atoms with Gasteiger partial charge in [0.2, 0.25) is 0 Å². The number of benzene rings is 1. The van der Waals surface area contributed by atoms with Gasteiger partial charge in [0.25, 0.3) is 5.91 Å². The van der Waals surface area contributed by atoms with Gasteiger partial charge in [0.05, 0.1) is 35.4 Å². The molecule has 4 aromatic rings. The van der Waals surface area contributed by atoms with Crippen LogP contribution in [0.1, 0.15) is 48.7 Å². The molecule has 11 heteroatoms. The first kappa shape index (κ1) is 26.7. The van der Waals surface area contributed by atoms with E-state index in [2.05, 4.69) is 23.1 Å². The Kier molecular flexibility index (Phi) is 6.82. The van der Waals surface area contributed by atoms with Crippen LogP contribution in [0, 0.1) is 0 Å². The molecule has 0 radical (unpaired) electrons. The zero-order chi connectivity index (χ0) is 28.8. The molecule has 0 bridgehead atoms. The number of likely N-dealkylation sites (tertiary alicyclic amines) is 1. The number of carbonyl (C=O) groups is 2. The third-order valence-electron chi connectivity index (χ3n) is 8.04. The molecule has 3 aromatic heterocycles. The maximum Gasteiger partial charge on any atom is 0.251 e. The minimum Gasteiger partial charge on any atom is -0.490 e. The highest BCUT2D eigenvalue weighted by Crippen LogP contribution is 2.37. The van der Waals surface area contributed by atoms with E-state index in [0.717, 1.165) is 40.4 Å². The molecule has 41 heavy (non-hydrogen) atoms. The van der Waals surface area contributed by atoms with E-state index in [4.69, 9.17) is 20.4 Å². The Labute approximate surface area is 237 Å². The fourth-order valence-corrected chi connectivity index (χ4v) is 5.77. The summed E-state index contributed by atoms with van der Waals surface area (Å²) >= 11 is 0. The summed E-state index contributed by atoms with van der Waals surface area (Å²) in [7, 11) is 2.05. The van der Waals surface area contributed by atoms with Gasteiger partial charge in [-0.3, -0.25) is 14.6 Å². The molecule has 1 fully saturated rings. The lowest BCUT2D eigenvalue weighted by Gasteiger charge is -2.33. The van der Waals surface area contributed by atoms with Crippen molar-refractivity contribution in [1.82, 2.24) is 24.5 Å². The largest absolute Gasteiger partial charge is 0.490 e. The lowest BCUT2D eigenvalue weighted by molar-refractivity contribution is -0.140. The van der Waals surface area contributed by atoms with E-state index in [-0.39, 0.29) is 23.4 Å². The van der Waals surface area contributed by atoms with Crippen molar-refractivity contribution in [2.45, 2.75) is 38.7 Å². The second-order valence-electron chi connectivity index (χ2n) is 10.8. The number of anilines is 2. The number of aliphatic hydroxyl groups is 1. The minimum atomic E-state index is -1.04. The SMILES string of the molecule is CC(=O)c1c(C2CCN(C(=O)[C@@H](C)O)CC2)nc2c(-c3ccc(-c4ccc5c(c4)OCCN5C)nc3)cnn2c1N. The molecular formula is C30H33N7O4. The van der Waals surface area contributed by atoms with Crippen LogP contribution in [-0.4, -0.2) is 80.7 Å². The number of aromatic nitrogens is 4. The van der Waals surface area contributed by atoms with Crippen LogP contribution in [0.5, 0.6) is 5.75 Å². The Hall–Kier alpha value is -4.51. The van der Waals surface area contributed by atoms with Crippen LogP contribution >= 0.6 is 0 Å². The second kappa shape index (κ2) is 10.5. The number of hydrogen-bond acceptors (Lipinski definition) is 9. The number of nitrogens with two attached hydrogens (primary N) is 1. The molecular weight excluding hydrogens is 522 g/mol. The van der Waals surface area contributed by atoms with Gasteiger partial charge >= 0.3 is 0 Å². The summed E-state index contributed by atoms with van der Waals surface area (Å²) in [6.45, 7) is 5.40. The Balaban J connectivity index is 1.33. The number of carbonyl (C=O) groups excluding carboxylic acids is 2. The van der Waals surface area contributed by atoms with Crippen molar-refractivity contribution in [3.8, 4) is 28.1 Å². The van der Waals surface area contributed by atoms with Crippen LogP contribution in [0.2, 0.25) is 0 Å². The molecule has 0 spiro atoms. The van der Waals surface area contributed by atoms with Crippen LogP contribution < -0.4 is 15.4 Å². The van der Waals surface area contributed by atoms with Crippen molar-refractivity contribution >= 4 is 28.8 Å². The number of ether oxygens (including phenoxy) is 1. The van der Waals surface area contributed by atoms with Gasteiger partial charge in [-0.25, -0.2) is 4.98 Å². The quantitative estimate of drug-likeness (QED) is 0.356. The zero-order valence-electron chi connectivity index (χ0n) is 23.4. The number of hydrogen-bond donors (Lipinski definition) is 2. The van der Waals surface area contributed by atoms with Gasteiger partial charge in [0.1, 0.15) is 24.3 Å². The number of ketones is 1. The number of likely N-dealkylation sites (N-methyl/N-ethyl adjacent to an activating group) is 1. The summed E-state index contributed by atoms with van der Waals surface area (Å²) in [6, 6.07) is 10.0. The fourth-order valence-electron chi connectivity index (χ4n) is 5.77. The third kappa shape index (κ3) is 4.76. The van der Waals surface area contributed by atoms with E-state index in [1.807, 2.05) is 24.3 Å². The fraction of sp³-hybridized carbons (Fsp3) is 0.367. The van der Waals surface area contributed by atoms with Crippen molar-refractivity contribution in [3.63, 3.8) is 0 Å². The molecule has 6 rings (SSSR count). The average Bonchev–Trinajstić information content (AvgIpc) is 3.41. The lowest BCUT2D eigenvalue weighted by Crippen LogP contribution is -2.42. The monoisotopic (exact) mass is 555 g/mol. The minimum absolute atomic E-state index is 0.0622. The number of nitrogen functional groups attached to an aromatic ring is 1. The number of nitrogens with zero attached hydrogens (tertiary/aromatic N) is 6. The topological polar surface area (TPSA) is 139 Å². The molecule has 1 aromatic carbocycles. The Morgan fingerprint density at radius 1 is 1.10 bits per heavy atom. The van der Waals surface area contributed by atoms with Crippen molar-refractivity contribution in [2.75, 3.05) is 43.9 Å². The maximum absolute atomic E-state index is 12.7. The molecule has 3 N–H and O–H groups in total. The highest BCUT2D eigenvalue weighted by molar-refractivity contribution is 6.00. The van der Waals surface area contributed by atoms with Crippen LogP contribution in [0.3, 0.4) is 0 Å². The summed E-state index contributed by atoms with van der Waals surface area (Å²) in [5.74, 6) is 0.557.